The van der Waals surface area contributed by atoms with Crippen molar-refractivity contribution in [2.75, 3.05) is 18.5 Å². The lowest BCUT2D eigenvalue weighted by atomic mass is 9.85. The zero-order valence-electron chi connectivity index (χ0n) is 18.4. The summed E-state index contributed by atoms with van der Waals surface area (Å²) >= 11 is 6.08. The van der Waals surface area contributed by atoms with Crippen LogP contribution in [0.15, 0.2) is 72.8 Å². The summed E-state index contributed by atoms with van der Waals surface area (Å²) in [5, 5.41) is 3.58. The van der Waals surface area contributed by atoms with Crippen molar-refractivity contribution in [3.05, 3.63) is 94.5 Å². The van der Waals surface area contributed by atoms with Crippen molar-refractivity contribution in [1.29, 1.82) is 0 Å². The van der Waals surface area contributed by atoms with Crippen molar-refractivity contribution in [1.82, 2.24) is 0 Å². The minimum absolute atomic E-state index is 0.0539. The molecule has 3 aromatic carbocycles. The summed E-state index contributed by atoms with van der Waals surface area (Å²) in [5.74, 6) is 1.09. The molecule has 1 aliphatic heterocycles. The van der Waals surface area contributed by atoms with Gasteiger partial charge < -0.3 is 14.8 Å². The first-order valence-corrected chi connectivity index (χ1v) is 11.0. The number of nitrogens with one attached hydrogen (secondary N) is 1. The van der Waals surface area contributed by atoms with E-state index < -0.39 is 0 Å². The fraction of sp³-hybridized carbons (Fsp3) is 0.222. The summed E-state index contributed by atoms with van der Waals surface area (Å²) in [6, 6.07) is 21.2. The first kappa shape index (κ1) is 22.0. The fourth-order valence-electron chi connectivity index (χ4n) is 3.54. The van der Waals surface area contributed by atoms with E-state index in [1.807, 2.05) is 24.3 Å². The van der Waals surface area contributed by atoms with Crippen molar-refractivity contribution >= 4 is 28.8 Å². The van der Waals surface area contributed by atoms with E-state index in [1.165, 1.54) is 5.56 Å². The molecule has 0 saturated heterocycles. The standard InChI is InChI=1S/C27H26ClNO3/c1-27(2,3)20-8-4-18(5-9-20)23(19-6-10-21(28)11-7-19)17-26(30)29-22-12-13-24-25(16-22)32-15-14-31-24/h4-13,16-17H,14-15H2,1-3H3,(H,29,30)/b23-17+. The average Bonchev–Trinajstić information content (AvgIpc) is 2.78. The summed E-state index contributed by atoms with van der Waals surface area (Å²) < 4.78 is 11.2. The Hall–Kier alpha value is -3.24. The van der Waals surface area contributed by atoms with Crippen LogP contribution in [0.2, 0.25) is 5.02 Å². The predicted octanol–water partition coefficient (Wildman–Crippen LogP) is 6.48. The molecular weight excluding hydrogens is 422 g/mol. The molecule has 0 unspecified atom stereocenters. The molecule has 0 aromatic heterocycles. The molecule has 0 saturated carbocycles. The maximum atomic E-state index is 12.9. The zero-order chi connectivity index (χ0) is 22.7. The molecule has 4 rings (SSSR count). The highest BCUT2D eigenvalue weighted by Gasteiger charge is 2.16. The quantitative estimate of drug-likeness (QED) is 0.465. The van der Waals surface area contributed by atoms with Crippen LogP contribution in [0.1, 0.15) is 37.5 Å². The van der Waals surface area contributed by atoms with E-state index >= 15 is 0 Å². The van der Waals surface area contributed by atoms with Crippen molar-refractivity contribution in [2.45, 2.75) is 26.2 Å². The number of benzene rings is 3. The van der Waals surface area contributed by atoms with Crippen molar-refractivity contribution < 1.29 is 14.3 Å². The average molecular weight is 448 g/mol. The van der Waals surface area contributed by atoms with E-state index in [4.69, 9.17) is 21.1 Å². The largest absolute Gasteiger partial charge is 0.486 e. The summed E-state index contributed by atoms with van der Waals surface area (Å²) in [6.45, 7) is 7.56. The van der Waals surface area contributed by atoms with E-state index in [9.17, 15) is 4.79 Å². The Bertz CT molecular complexity index is 1140. The number of anilines is 1. The Morgan fingerprint density at radius 1 is 0.875 bits per heavy atom. The normalized spacial score (nSPS) is 13.6. The number of hydrogen-bond donors (Lipinski definition) is 1. The summed E-state index contributed by atoms with van der Waals surface area (Å²) in [6.07, 6.45) is 1.62. The molecule has 0 atom stereocenters. The third kappa shape index (κ3) is 5.14. The Kier molecular flexibility index (Phi) is 6.24. The van der Waals surface area contributed by atoms with Crippen LogP contribution in [0.25, 0.3) is 5.57 Å². The Balaban J connectivity index is 1.64. The lowest BCUT2D eigenvalue weighted by Gasteiger charge is -2.20. The van der Waals surface area contributed by atoms with Gasteiger partial charge in [-0.3, -0.25) is 4.79 Å². The second kappa shape index (κ2) is 9.09. The van der Waals surface area contributed by atoms with Crippen molar-refractivity contribution in [2.24, 2.45) is 0 Å². The summed E-state index contributed by atoms with van der Waals surface area (Å²) in [4.78, 5) is 12.9. The van der Waals surface area contributed by atoms with E-state index in [0.717, 1.165) is 16.7 Å². The van der Waals surface area contributed by atoms with Gasteiger partial charge in [-0.25, -0.2) is 0 Å². The van der Waals surface area contributed by atoms with Crippen LogP contribution in [0.4, 0.5) is 5.69 Å². The highest BCUT2D eigenvalue weighted by Crippen LogP contribution is 2.33. The number of halogens is 1. The van der Waals surface area contributed by atoms with Gasteiger partial charge in [-0.1, -0.05) is 68.8 Å². The smallest absolute Gasteiger partial charge is 0.249 e. The Labute approximate surface area is 193 Å². The van der Waals surface area contributed by atoms with Crippen LogP contribution in [0.5, 0.6) is 11.5 Å². The number of rotatable bonds is 4. The molecule has 0 bridgehead atoms. The number of hydrogen-bond acceptors (Lipinski definition) is 3. The molecule has 1 aliphatic rings. The number of carbonyl (C=O) groups excluding carboxylic acids is 1. The Morgan fingerprint density at radius 3 is 2.09 bits per heavy atom. The Morgan fingerprint density at radius 2 is 1.47 bits per heavy atom. The zero-order valence-corrected chi connectivity index (χ0v) is 19.2. The molecule has 32 heavy (non-hydrogen) atoms. The van der Waals surface area contributed by atoms with Crippen LogP contribution in [-0.4, -0.2) is 19.1 Å². The van der Waals surface area contributed by atoms with Crippen molar-refractivity contribution in [3.63, 3.8) is 0 Å². The number of amides is 1. The number of fused-ring (bicyclic) bond motifs is 1. The third-order valence-corrected chi connectivity index (χ3v) is 5.55. The molecule has 0 spiro atoms. The van der Waals surface area contributed by atoms with Gasteiger partial charge in [0.25, 0.3) is 0 Å². The lowest BCUT2D eigenvalue weighted by Crippen LogP contribution is -2.16. The van der Waals surface area contributed by atoms with Crippen LogP contribution < -0.4 is 14.8 Å². The molecule has 1 heterocycles. The number of ether oxygens (including phenoxy) is 2. The lowest BCUT2D eigenvalue weighted by molar-refractivity contribution is -0.111. The van der Waals surface area contributed by atoms with Crippen LogP contribution in [-0.2, 0) is 10.2 Å². The topological polar surface area (TPSA) is 47.6 Å². The molecular formula is C27H26ClNO3. The van der Waals surface area contributed by atoms with Gasteiger partial charge >= 0.3 is 0 Å². The van der Waals surface area contributed by atoms with E-state index in [0.29, 0.717) is 35.4 Å². The van der Waals surface area contributed by atoms with Gasteiger partial charge in [-0.05, 0) is 51.9 Å². The van der Waals surface area contributed by atoms with E-state index in [-0.39, 0.29) is 11.3 Å². The second-order valence-electron chi connectivity index (χ2n) is 8.74. The second-order valence-corrected chi connectivity index (χ2v) is 9.18. The number of carbonyl (C=O) groups is 1. The highest BCUT2D eigenvalue weighted by molar-refractivity contribution is 6.30. The minimum atomic E-state index is -0.230. The molecule has 0 radical (unpaired) electrons. The highest BCUT2D eigenvalue weighted by atomic mass is 35.5. The van der Waals surface area contributed by atoms with Gasteiger partial charge in [0.1, 0.15) is 13.2 Å². The summed E-state index contributed by atoms with van der Waals surface area (Å²) in [7, 11) is 0. The maximum absolute atomic E-state index is 12.9. The van der Waals surface area contributed by atoms with Gasteiger partial charge in [-0.15, -0.1) is 0 Å². The van der Waals surface area contributed by atoms with Crippen LogP contribution in [0, 0.1) is 0 Å². The van der Waals surface area contributed by atoms with E-state index in [2.05, 4.69) is 50.4 Å². The molecule has 4 nitrogen and oxygen atoms in total. The summed E-state index contributed by atoms with van der Waals surface area (Å²) in [5.41, 5.74) is 4.62. The van der Waals surface area contributed by atoms with Gasteiger partial charge in [-0.2, -0.15) is 0 Å². The molecule has 1 amide bonds. The molecule has 0 aliphatic carbocycles. The SMILES string of the molecule is CC(C)(C)c1ccc(/C(=C\C(=O)Nc2ccc3c(c2)OCCO3)c2ccc(Cl)cc2)cc1. The monoisotopic (exact) mass is 447 g/mol. The maximum Gasteiger partial charge on any atom is 0.249 e. The molecule has 0 fully saturated rings. The molecule has 1 N–H and O–H groups in total. The predicted molar refractivity (Wildman–Crippen MR) is 130 cm³/mol. The molecule has 5 heteroatoms. The molecule has 164 valence electrons. The van der Waals surface area contributed by atoms with Crippen molar-refractivity contribution in [3.8, 4) is 11.5 Å². The van der Waals surface area contributed by atoms with Crippen LogP contribution >= 0.6 is 11.6 Å². The first-order chi connectivity index (χ1) is 15.3. The van der Waals surface area contributed by atoms with Gasteiger partial charge in [0.05, 0.1) is 0 Å². The van der Waals surface area contributed by atoms with Gasteiger partial charge in [0.15, 0.2) is 11.5 Å². The van der Waals surface area contributed by atoms with Gasteiger partial charge in [0.2, 0.25) is 5.91 Å². The van der Waals surface area contributed by atoms with E-state index in [1.54, 1.807) is 24.3 Å². The molecule has 3 aromatic rings. The fourth-order valence-corrected chi connectivity index (χ4v) is 3.67. The first-order valence-electron chi connectivity index (χ1n) is 10.6. The minimum Gasteiger partial charge on any atom is -0.486 e. The van der Waals surface area contributed by atoms with Gasteiger partial charge in [0, 0.05) is 22.9 Å². The third-order valence-electron chi connectivity index (χ3n) is 5.30. The van der Waals surface area contributed by atoms with Crippen LogP contribution in [0.3, 0.4) is 0 Å².